The Labute approximate surface area is 187 Å². The lowest BCUT2D eigenvalue weighted by Gasteiger charge is -2.44. The van der Waals surface area contributed by atoms with Crippen molar-refractivity contribution in [3.63, 3.8) is 0 Å². The molecule has 5 nitrogen and oxygen atoms in total. The lowest BCUT2D eigenvalue weighted by atomic mass is 10.1. The lowest BCUT2D eigenvalue weighted by molar-refractivity contribution is -0.543. The molecule has 0 bridgehead atoms. The van der Waals surface area contributed by atoms with E-state index in [2.05, 4.69) is 96.6 Å². The van der Waals surface area contributed by atoms with Crippen molar-refractivity contribution in [3.8, 4) is 0 Å². The Balaban J connectivity index is 1.61. The van der Waals surface area contributed by atoms with E-state index in [0.29, 0.717) is 6.61 Å². The van der Waals surface area contributed by atoms with Crippen LogP contribution in [0.25, 0.3) is 0 Å². The van der Waals surface area contributed by atoms with Crippen molar-refractivity contribution < 1.29 is 14.1 Å². The summed E-state index contributed by atoms with van der Waals surface area (Å²) in [5.41, 5.74) is 0. The molecular formula is C25H36N3O2Si+. The molecular weight excluding hydrogens is 402 g/mol. The lowest BCUT2D eigenvalue weighted by Crippen LogP contribution is -2.68. The fourth-order valence-corrected chi connectivity index (χ4v) is 9.57. The largest absolute Gasteiger partial charge is 0.404 e. The van der Waals surface area contributed by atoms with Gasteiger partial charge in [-0.2, -0.15) is 0 Å². The molecule has 0 aliphatic carbocycles. The molecule has 0 unspecified atom stereocenters. The highest BCUT2D eigenvalue weighted by atomic mass is 28.4. The zero-order valence-corrected chi connectivity index (χ0v) is 20.0. The first kappa shape index (κ1) is 22.1. The highest BCUT2D eigenvalue weighted by molar-refractivity contribution is 6.99. The number of aliphatic hydroxyl groups excluding tert-OH is 1. The Morgan fingerprint density at radius 2 is 1.42 bits per heavy atom. The quantitative estimate of drug-likeness (QED) is 0.474. The molecule has 0 spiro atoms. The number of guanidine groups is 1. The number of hydrogen-bond acceptors (Lipinski definition) is 4. The molecule has 0 fully saturated rings. The number of nitrogens with zero attached hydrogens (tertiary/aromatic N) is 1. The summed E-state index contributed by atoms with van der Waals surface area (Å²) in [5.74, 6) is 1.05. The van der Waals surface area contributed by atoms with Gasteiger partial charge in [-0.25, -0.2) is 0 Å². The first-order valence-corrected chi connectivity index (χ1v) is 13.4. The second-order valence-corrected chi connectivity index (χ2v) is 14.1. The van der Waals surface area contributed by atoms with Crippen LogP contribution in [0.5, 0.6) is 0 Å². The third kappa shape index (κ3) is 4.42. The number of rotatable bonds is 6. The predicted octanol–water partition coefficient (Wildman–Crippen LogP) is 1.65. The van der Waals surface area contributed by atoms with Crippen LogP contribution in [0, 0.1) is 0 Å². The molecule has 0 aromatic heterocycles. The molecule has 0 amide bonds. The van der Waals surface area contributed by atoms with E-state index in [1.165, 1.54) is 10.4 Å². The Bertz CT molecular complexity index is 856. The van der Waals surface area contributed by atoms with Crippen molar-refractivity contribution in [1.29, 1.82) is 0 Å². The van der Waals surface area contributed by atoms with E-state index < -0.39 is 8.32 Å². The number of benzene rings is 2. The van der Waals surface area contributed by atoms with Crippen LogP contribution in [0.3, 0.4) is 0 Å². The Kier molecular flexibility index (Phi) is 6.51. The molecule has 0 saturated carbocycles. The van der Waals surface area contributed by atoms with Crippen molar-refractivity contribution in [1.82, 2.24) is 10.6 Å². The van der Waals surface area contributed by atoms with E-state index in [0.717, 1.165) is 31.9 Å². The van der Waals surface area contributed by atoms with Gasteiger partial charge in [0, 0.05) is 12.8 Å². The second kappa shape index (κ2) is 9.15. The highest BCUT2D eigenvalue weighted by Crippen LogP contribution is 2.36. The monoisotopic (exact) mass is 438 g/mol. The maximum atomic E-state index is 9.56. The summed E-state index contributed by atoms with van der Waals surface area (Å²) in [4.78, 5) is 0. The van der Waals surface area contributed by atoms with E-state index in [1.807, 2.05) is 0 Å². The molecule has 166 valence electrons. The minimum Gasteiger partial charge on any atom is -0.404 e. The SMILES string of the molecule is CC(C)(C)[Si](OC[C@@H]1CC[N+]2=C(N[C@H](CO)CC2)N1)(c1ccccc1)c1ccccc1. The minimum absolute atomic E-state index is 0.0192. The summed E-state index contributed by atoms with van der Waals surface area (Å²) < 4.78 is 9.46. The molecule has 2 aliphatic rings. The third-order valence-corrected chi connectivity index (χ3v) is 11.6. The van der Waals surface area contributed by atoms with Crippen molar-refractivity contribution in [2.45, 2.75) is 50.7 Å². The summed E-state index contributed by atoms with van der Waals surface area (Å²) in [6.45, 7) is 9.79. The van der Waals surface area contributed by atoms with Crippen molar-refractivity contribution >= 4 is 24.7 Å². The van der Waals surface area contributed by atoms with Crippen LogP contribution in [0.4, 0.5) is 0 Å². The predicted molar refractivity (Wildman–Crippen MR) is 129 cm³/mol. The van der Waals surface area contributed by atoms with Gasteiger partial charge in [-0.3, -0.25) is 15.2 Å². The Hall–Kier alpha value is -2.15. The summed E-state index contributed by atoms with van der Waals surface area (Å²) in [7, 11) is -2.52. The van der Waals surface area contributed by atoms with Gasteiger partial charge in [0.05, 0.1) is 32.3 Å². The van der Waals surface area contributed by atoms with E-state index in [9.17, 15) is 5.11 Å². The standard InChI is InChI=1S/C25H35N3O2Si/c1-25(2,3)31(22-10-6-4-7-11-22,23-12-8-5-9-13-23)30-19-21-15-17-28-16-14-20(18-29)26-24(28)27-21/h4-13,20-21,29H,14-19H2,1-3H3,(H,26,27)/p+1/t20-,21-/m0/s1. The van der Waals surface area contributed by atoms with Crippen LogP contribution in [0.15, 0.2) is 60.7 Å². The van der Waals surface area contributed by atoms with Gasteiger partial charge in [-0.15, -0.1) is 0 Å². The number of hydrogen-bond donors (Lipinski definition) is 3. The molecule has 31 heavy (non-hydrogen) atoms. The fraction of sp³-hybridized carbons (Fsp3) is 0.480. The van der Waals surface area contributed by atoms with Gasteiger partial charge >= 0.3 is 5.96 Å². The average molecular weight is 439 g/mol. The van der Waals surface area contributed by atoms with Gasteiger partial charge in [0.1, 0.15) is 6.04 Å². The molecule has 2 aromatic carbocycles. The van der Waals surface area contributed by atoms with E-state index in [-0.39, 0.29) is 23.7 Å². The van der Waals surface area contributed by atoms with Crippen LogP contribution in [-0.2, 0) is 4.43 Å². The summed E-state index contributed by atoms with van der Waals surface area (Å²) in [5, 5.41) is 19.3. The van der Waals surface area contributed by atoms with E-state index in [1.54, 1.807) is 0 Å². The van der Waals surface area contributed by atoms with Crippen LogP contribution in [0.1, 0.15) is 33.6 Å². The first-order chi connectivity index (χ1) is 14.9. The normalized spacial score (nSPS) is 21.8. The molecule has 4 rings (SSSR count). The zero-order chi connectivity index (χ0) is 21.9. The van der Waals surface area contributed by atoms with Crippen molar-refractivity contribution in [2.24, 2.45) is 0 Å². The second-order valence-electron chi connectivity index (χ2n) is 9.75. The van der Waals surface area contributed by atoms with Crippen molar-refractivity contribution in [3.05, 3.63) is 60.7 Å². The van der Waals surface area contributed by atoms with Crippen molar-refractivity contribution in [2.75, 3.05) is 26.3 Å². The Morgan fingerprint density at radius 1 is 0.903 bits per heavy atom. The van der Waals surface area contributed by atoms with Crippen LogP contribution in [-0.4, -0.2) is 62.3 Å². The van der Waals surface area contributed by atoms with Gasteiger partial charge in [0.25, 0.3) is 8.32 Å². The molecule has 0 saturated heterocycles. The van der Waals surface area contributed by atoms with Crippen LogP contribution >= 0.6 is 0 Å². The molecule has 0 radical (unpaired) electrons. The van der Waals surface area contributed by atoms with Gasteiger partial charge in [0.15, 0.2) is 0 Å². The molecule has 2 heterocycles. The highest BCUT2D eigenvalue weighted by Gasteiger charge is 2.50. The smallest absolute Gasteiger partial charge is 0.346 e. The molecule has 2 aliphatic heterocycles. The van der Waals surface area contributed by atoms with Gasteiger partial charge in [-0.05, 0) is 15.4 Å². The zero-order valence-electron chi connectivity index (χ0n) is 19.0. The van der Waals surface area contributed by atoms with Crippen LogP contribution in [0.2, 0.25) is 5.04 Å². The van der Waals surface area contributed by atoms with Gasteiger partial charge in [0.2, 0.25) is 0 Å². The van der Waals surface area contributed by atoms with Crippen LogP contribution < -0.4 is 21.0 Å². The number of nitrogens with one attached hydrogen (secondary N) is 2. The maximum Gasteiger partial charge on any atom is 0.346 e. The molecule has 2 aromatic rings. The summed E-state index contributed by atoms with van der Waals surface area (Å²) >= 11 is 0. The van der Waals surface area contributed by atoms with E-state index in [4.69, 9.17) is 4.43 Å². The third-order valence-electron chi connectivity index (χ3n) is 6.63. The topological polar surface area (TPSA) is 56.5 Å². The first-order valence-electron chi connectivity index (χ1n) is 11.4. The minimum atomic E-state index is -2.52. The molecule has 2 atom stereocenters. The number of aliphatic hydroxyl groups is 1. The fourth-order valence-electron chi connectivity index (χ4n) is 4.96. The average Bonchev–Trinajstić information content (AvgIpc) is 2.79. The summed E-state index contributed by atoms with van der Waals surface area (Å²) in [6, 6.07) is 22.0. The Morgan fingerprint density at radius 3 is 1.94 bits per heavy atom. The molecule has 3 N–H and O–H groups in total. The summed E-state index contributed by atoms with van der Waals surface area (Å²) in [6.07, 6.45) is 2.03. The van der Waals surface area contributed by atoms with Gasteiger partial charge < -0.3 is 9.53 Å². The maximum absolute atomic E-state index is 9.56. The van der Waals surface area contributed by atoms with E-state index >= 15 is 0 Å². The van der Waals surface area contributed by atoms with Gasteiger partial charge in [-0.1, -0.05) is 81.4 Å². The molecule has 6 heteroatoms.